The summed E-state index contributed by atoms with van der Waals surface area (Å²) in [6.45, 7) is 8.99. The molecule has 0 saturated carbocycles. The number of hydrogen-bond acceptors (Lipinski definition) is 6. The molecule has 1 unspecified atom stereocenters. The van der Waals surface area contributed by atoms with Gasteiger partial charge in [0, 0.05) is 57.7 Å². The first kappa shape index (κ1) is 29.1. The predicted molar refractivity (Wildman–Crippen MR) is 148 cm³/mol. The van der Waals surface area contributed by atoms with Gasteiger partial charge in [-0.3, -0.25) is 23.9 Å². The molecule has 1 aromatic carbocycles. The van der Waals surface area contributed by atoms with E-state index in [9.17, 15) is 19.2 Å². The minimum atomic E-state index is -0.662. The number of hydrogen-bond donors (Lipinski definition) is 2. The summed E-state index contributed by atoms with van der Waals surface area (Å²) >= 11 is 0. The zero-order chi connectivity index (χ0) is 27.8. The Morgan fingerprint density at radius 2 is 1.79 bits per heavy atom. The molecule has 38 heavy (non-hydrogen) atoms. The summed E-state index contributed by atoms with van der Waals surface area (Å²) < 4.78 is 1.58. The Labute approximate surface area is 225 Å². The number of nitrogens with one attached hydrogen (secondary N) is 2. The first-order chi connectivity index (χ1) is 18.1. The maximum Gasteiger partial charge on any atom is 0.269 e. The number of aromatic nitrogens is 2. The van der Waals surface area contributed by atoms with Crippen molar-refractivity contribution in [3.05, 3.63) is 47.3 Å². The third kappa shape index (κ3) is 7.31. The molecule has 10 nitrogen and oxygen atoms in total. The third-order valence-corrected chi connectivity index (χ3v) is 7.19. The molecule has 2 aromatic rings. The fourth-order valence-corrected chi connectivity index (χ4v) is 4.61. The molecule has 1 aliphatic rings. The van der Waals surface area contributed by atoms with Gasteiger partial charge in [-0.1, -0.05) is 37.5 Å². The summed E-state index contributed by atoms with van der Waals surface area (Å²) in [6.07, 6.45) is 2.05. The van der Waals surface area contributed by atoms with E-state index in [1.54, 1.807) is 23.9 Å². The zero-order valence-corrected chi connectivity index (χ0v) is 23.1. The van der Waals surface area contributed by atoms with E-state index in [-0.39, 0.29) is 42.4 Å². The van der Waals surface area contributed by atoms with Crippen LogP contribution in [0.1, 0.15) is 54.7 Å². The number of rotatable bonds is 11. The molecular weight excluding hydrogens is 483 g/mol. The maximum atomic E-state index is 13.4. The van der Waals surface area contributed by atoms with Crippen molar-refractivity contribution in [1.82, 2.24) is 30.2 Å². The number of amides is 3. The fourth-order valence-electron chi connectivity index (χ4n) is 4.61. The lowest BCUT2D eigenvalue weighted by molar-refractivity contribution is -0.138. The van der Waals surface area contributed by atoms with Crippen molar-refractivity contribution < 1.29 is 19.2 Å². The Kier molecular flexibility index (Phi) is 10.2. The zero-order valence-electron chi connectivity index (χ0n) is 23.1. The van der Waals surface area contributed by atoms with Crippen molar-refractivity contribution in [3.8, 4) is 0 Å². The number of nitrogens with zero attached hydrogens (tertiary/aromatic N) is 4. The van der Waals surface area contributed by atoms with Gasteiger partial charge in [0.1, 0.15) is 19.6 Å². The summed E-state index contributed by atoms with van der Waals surface area (Å²) in [5.41, 5.74) is 3.12. The second-order valence-corrected chi connectivity index (χ2v) is 9.93. The number of ketones is 1. The summed E-state index contributed by atoms with van der Waals surface area (Å²) in [6, 6.07) is 6.75. The van der Waals surface area contributed by atoms with Gasteiger partial charge in [0.15, 0.2) is 5.78 Å². The van der Waals surface area contributed by atoms with E-state index >= 15 is 0 Å². The molecule has 204 valence electrons. The average Bonchev–Trinajstić information content (AvgIpc) is 3.40. The lowest BCUT2D eigenvalue weighted by Gasteiger charge is -2.36. The van der Waals surface area contributed by atoms with Gasteiger partial charge >= 0.3 is 0 Å². The molecule has 2 N–H and O–H groups in total. The van der Waals surface area contributed by atoms with Crippen LogP contribution in [0, 0.1) is 0 Å². The Morgan fingerprint density at radius 1 is 1.08 bits per heavy atom. The fraction of sp³-hybridized carbons (Fsp3) is 0.519. The van der Waals surface area contributed by atoms with E-state index in [0.717, 1.165) is 29.7 Å². The maximum absolute atomic E-state index is 13.4. The quantitative estimate of drug-likeness (QED) is 0.384. The highest BCUT2D eigenvalue weighted by atomic mass is 16.2. The highest BCUT2D eigenvalue weighted by molar-refractivity contribution is 6.33. The monoisotopic (exact) mass is 522 g/mol. The van der Waals surface area contributed by atoms with Crippen molar-refractivity contribution >= 4 is 36.8 Å². The molecule has 0 radical (unpaired) electrons. The molecule has 1 fully saturated rings. The lowest BCUT2D eigenvalue weighted by Crippen LogP contribution is -2.55. The lowest BCUT2D eigenvalue weighted by atomic mass is 9.82. The van der Waals surface area contributed by atoms with Crippen LogP contribution in [-0.2, 0) is 27.3 Å². The number of piperazine rings is 1. The molecule has 0 aliphatic carbocycles. The summed E-state index contributed by atoms with van der Waals surface area (Å²) in [5, 5.41) is 9.70. The van der Waals surface area contributed by atoms with Crippen molar-refractivity contribution in [2.24, 2.45) is 0 Å². The molecule has 2 atom stereocenters. The van der Waals surface area contributed by atoms with Gasteiger partial charge < -0.3 is 20.4 Å². The molecule has 1 aliphatic heterocycles. The van der Waals surface area contributed by atoms with E-state index in [4.69, 9.17) is 0 Å². The number of benzene rings is 1. The number of carbonyl (C=O) groups is 4. The van der Waals surface area contributed by atoms with Crippen LogP contribution >= 0.6 is 0 Å². The SMILES string of the molecule is Bc1cc([C@H](C)C(NC(=O)CC)C(=O)N2CCN(C)CC2)ccc1CC(=O)CNC(=O)c1ccnn1CC. The van der Waals surface area contributed by atoms with E-state index in [0.29, 0.717) is 31.7 Å². The molecule has 0 bridgehead atoms. The van der Waals surface area contributed by atoms with Crippen LogP contribution in [0.2, 0.25) is 0 Å². The van der Waals surface area contributed by atoms with Crippen molar-refractivity contribution in [1.29, 1.82) is 0 Å². The van der Waals surface area contributed by atoms with Gasteiger partial charge in [0.2, 0.25) is 11.8 Å². The number of Topliss-reactive ketones (excluding diaryl/α,β-unsaturated/α-hetero) is 1. The van der Waals surface area contributed by atoms with Crippen LogP contribution in [0.25, 0.3) is 0 Å². The Morgan fingerprint density at radius 3 is 2.42 bits per heavy atom. The molecule has 1 aromatic heterocycles. The van der Waals surface area contributed by atoms with Crippen molar-refractivity contribution in [2.75, 3.05) is 39.8 Å². The average molecular weight is 522 g/mol. The minimum Gasteiger partial charge on any atom is -0.344 e. The van der Waals surface area contributed by atoms with Gasteiger partial charge in [-0.2, -0.15) is 5.10 Å². The number of carbonyl (C=O) groups excluding carboxylic acids is 4. The largest absolute Gasteiger partial charge is 0.344 e. The van der Waals surface area contributed by atoms with Gasteiger partial charge in [-0.05, 0) is 31.2 Å². The molecular formula is C27H39BN6O4. The second-order valence-electron chi connectivity index (χ2n) is 9.93. The molecule has 11 heteroatoms. The second kappa shape index (κ2) is 13.4. The highest BCUT2D eigenvalue weighted by Crippen LogP contribution is 2.22. The van der Waals surface area contributed by atoms with Gasteiger partial charge in [-0.15, -0.1) is 0 Å². The molecule has 3 rings (SSSR count). The Balaban J connectivity index is 1.66. The van der Waals surface area contributed by atoms with Gasteiger partial charge in [0.05, 0.1) is 6.54 Å². The summed E-state index contributed by atoms with van der Waals surface area (Å²) in [7, 11) is 3.96. The summed E-state index contributed by atoms with van der Waals surface area (Å²) in [5.74, 6) is -0.910. The number of likely N-dealkylation sites (N-methyl/N-ethyl adjacent to an activating group) is 1. The molecule has 3 amide bonds. The normalized spacial score (nSPS) is 15.5. The van der Waals surface area contributed by atoms with Gasteiger partial charge in [-0.25, -0.2) is 0 Å². The standard InChI is InChI=1S/C27H39BN6O4/c1-5-24(36)31-25(27(38)33-13-11-32(4)12-14-33)18(3)19-7-8-20(22(28)16-19)15-21(35)17-29-26(37)23-9-10-30-34(23)6-2/h7-10,16,18,25H,5-6,11-15,17,28H2,1-4H3,(H,29,37)(H,31,36)/t18-,25?/m0/s1. The summed E-state index contributed by atoms with van der Waals surface area (Å²) in [4.78, 5) is 54.8. The molecule has 2 heterocycles. The molecule has 0 spiro atoms. The van der Waals surface area contributed by atoms with Crippen LogP contribution in [-0.4, -0.2) is 96.7 Å². The first-order valence-electron chi connectivity index (χ1n) is 13.3. The van der Waals surface area contributed by atoms with Gasteiger partial charge in [0.25, 0.3) is 5.91 Å². The topological polar surface area (TPSA) is 117 Å². The number of aryl methyl sites for hydroxylation is 1. The van der Waals surface area contributed by atoms with Crippen LogP contribution in [0.3, 0.4) is 0 Å². The predicted octanol–water partition coefficient (Wildman–Crippen LogP) is -0.525. The third-order valence-electron chi connectivity index (χ3n) is 7.19. The Bertz CT molecular complexity index is 1160. The van der Waals surface area contributed by atoms with Crippen molar-refractivity contribution in [3.63, 3.8) is 0 Å². The van der Waals surface area contributed by atoms with Crippen molar-refractivity contribution in [2.45, 2.75) is 52.1 Å². The smallest absolute Gasteiger partial charge is 0.269 e. The van der Waals surface area contributed by atoms with E-state index < -0.39 is 6.04 Å². The van der Waals surface area contributed by atoms with Crippen LogP contribution in [0.15, 0.2) is 30.5 Å². The highest BCUT2D eigenvalue weighted by Gasteiger charge is 2.32. The Hall–Kier alpha value is -3.47. The molecule has 1 saturated heterocycles. The van der Waals surface area contributed by atoms with E-state index in [1.165, 1.54) is 0 Å². The minimum absolute atomic E-state index is 0.0653. The van der Waals surface area contributed by atoms with Crippen LogP contribution < -0.4 is 16.1 Å². The van der Waals surface area contributed by atoms with Crippen LogP contribution in [0.4, 0.5) is 0 Å². The van der Waals surface area contributed by atoms with E-state index in [2.05, 4.69) is 20.6 Å². The first-order valence-corrected chi connectivity index (χ1v) is 13.3. The van der Waals surface area contributed by atoms with Crippen LogP contribution in [0.5, 0.6) is 0 Å². The van der Waals surface area contributed by atoms with E-state index in [1.807, 2.05) is 51.8 Å².